The van der Waals surface area contributed by atoms with Gasteiger partial charge in [-0.15, -0.1) is 0 Å². The average Bonchev–Trinajstić information content (AvgIpc) is 3.18. The molecule has 276 valence electrons. The van der Waals surface area contributed by atoms with Gasteiger partial charge in [-0.1, -0.05) is 61.2 Å². The third kappa shape index (κ3) is 9.69. The molecule has 0 radical (unpaired) electrons. The molecule has 2 saturated heterocycles. The molecule has 0 aromatic heterocycles. The first kappa shape index (κ1) is 37.3. The Bertz CT molecular complexity index is 1900. The van der Waals surface area contributed by atoms with Crippen molar-refractivity contribution in [2.24, 2.45) is 0 Å². The first-order valence-electron chi connectivity index (χ1n) is 18.7. The maximum atomic E-state index is 13.5. The molecule has 6 rings (SSSR count). The molecule has 0 aliphatic carbocycles. The Morgan fingerprint density at radius 3 is 1.96 bits per heavy atom. The number of carbonyl (C=O) groups is 2. The molecule has 4 aromatic carbocycles. The molecule has 0 spiro atoms. The predicted molar refractivity (Wildman–Crippen MR) is 210 cm³/mol. The third-order valence-corrected chi connectivity index (χ3v) is 9.59. The van der Waals surface area contributed by atoms with E-state index in [-0.39, 0.29) is 30.1 Å². The number of benzene rings is 4. The van der Waals surface area contributed by atoms with E-state index in [0.717, 1.165) is 76.5 Å². The Labute approximate surface area is 313 Å². The van der Waals surface area contributed by atoms with Crippen LogP contribution in [-0.4, -0.2) is 72.7 Å². The highest BCUT2D eigenvalue weighted by Crippen LogP contribution is 2.37. The summed E-state index contributed by atoms with van der Waals surface area (Å²) in [6.07, 6.45) is 7.91. The van der Waals surface area contributed by atoms with E-state index in [1.54, 1.807) is 6.08 Å². The first-order chi connectivity index (χ1) is 25.8. The predicted octanol–water partition coefficient (Wildman–Crippen LogP) is 8.85. The standard InChI is InChI=1S/C45H50N2O6/c1-5-44(48)46-26-22-36(23-27-46)53-38-20-18-33(41(31-38)40-15-8-10-17-43(40)51-32(3)4)19-21-45(49)47-28-24-35(25-29-47)52-37-13-11-12-34(30-37)39-14-7-9-16-42(39)50-6-2/h5,7-21,30-32,35-36H,1,6,22-29H2,2-4H3/b21-19+. The molecule has 2 aliphatic heterocycles. The highest BCUT2D eigenvalue weighted by atomic mass is 16.5. The lowest BCUT2D eigenvalue weighted by molar-refractivity contribution is -0.128. The molecule has 53 heavy (non-hydrogen) atoms. The van der Waals surface area contributed by atoms with Crippen molar-refractivity contribution < 1.29 is 28.5 Å². The number of hydrogen-bond acceptors (Lipinski definition) is 6. The van der Waals surface area contributed by atoms with Crippen LogP contribution in [-0.2, 0) is 9.59 Å². The number of hydrogen-bond donors (Lipinski definition) is 0. The fourth-order valence-corrected chi connectivity index (χ4v) is 6.93. The second-order valence-corrected chi connectivity index (χ2v) is 13.7. The van der Waals surface area contributed by atoms with Gasteiger partial charge >= 0.3 is 0 Å². The van der Waals surface area contributed by atoms with Crippen molar-refractivity contribution in [3.8, 4) is 45.3 Å². The van der Waals surface area contributed by atoms with Crippen molar-refractivity contribution >= 4 is 17.9 Å². The van der Waals surface area contributed by atoms with Crippen molar-refractivity contribution in [3.05, 3.63) is 115 Å². The van der Waals surface area contributed by atoms with Crippen LogP contribution in [0.4, 0.5) is 0 Å². The van der Waals surface area contributed by atoms with E-state index in [1.807, 2.05) is 109 Å². The molecule has 0 saturated carbocycles. The van der Waals surface area contributed by atoms with Crippen LogP contribution in [0.3, 0.4) is 0 Å². The Kier molecular flexibility index (Phi) is 12.5. The van der Waals surface area contributed by atoms with Gasteiger partial charge in [-0.05, 0) is 86.0 Å². The van der Waals surface area contributed by atoms with E-state index in [1.165, 1.54) is 6.08 Å². The molecule has 4 aromatic rings. The molecule has 0 N–H and O–H groups in total. The smallest absolute Gasteiger partial charge is 0.246 e. The van der Waals surface area contributed by atoms with Crippen LogP contribution in [0, 0.1) is 0 Å². The minimum Gasteiger partial charge on any atom is -0.493 e. The van der Waals surface area contributed by atoms with Crippen molar-refractivity contribution in [1.82, 2.24) is 9.80 Å². The number of nitrogens with zero attached hydrogens (tertiary/aromatic N) is 2. The fourth-order valence-electron chi connectivity index (χ4n) is 6.93. The Morgan fingerprint density at radius 2 is 1.32 bits per heavy atom. The SMILES string of the molecule is C=CC(=O)N1CCC(Oc2ccc(/C=C/C(=O)N3CCC(Oc4cccc(-c5ccccc5OCC)c4)CC3)c(-c3ccccc3OC(C)C)c2)CC1. The van der Waals surface area contributed by atoms with Crippen LogP contribution in [0.5, 0.6) is 23.0 Å². The van der Waals surface area contributed by atoms with Crippen LogP contribution < -0.4 is 18.9 Å². The Balaban J connectivity index is 1.12. The number of likely N-dealkylation sites (tertiary alicyclic amines) is 2. The van der Waals surface area contributed by atoms with E-state index in [0.29, 0.717) is 32.8 Å². The third-order valence-electron chi connectivity index (χ3n) is 9.59. The average molecular weight is 715 g/mol. The molecule has 8 heteroatoms. The Hall–Kier alpha value is -5.50. The number of ether oxygens (including phenoxy) is 4. The minimum absolute atomic E-state index is 0.00481. The van der Waals surface area contributed by atoms with Crippen LogP contribution in [0.25, 0.3) is 28.3 Å². The van der Waals surface area contributed by atoms with Gasteiger partial charge in [0.1, 0.15) is 35.2 Å². The van der Waals surface area contributed by atoms with Crippen molar-refractivity contribution in [2.45, 2.75) is 64.8 Å². The van der Waals surface area contributed by atoms with Gasteiger partial charge in [-0.2, -0.15) is 0 Å². The quantitative estimate of drug-likeness (QED) is 0.129. The van der Waals surface area contributed by atoms with E-state index in [4.69, 9.17) is 18.9 Å². The number of amides is 2. The summed E-state index contributed by atoms with van der Waals surface area (Å²) in [7, 11) is 0. The summed E-state index contributed by atoms with van der Waals surface area (Å²) in [5, 5.41) is 0. The van der Waals surface area contributed by atoms with Crippen LogP contribution in [0.2, 0.25) is 0 Å². The molecule has 0 atom stereocenters. The molecule has 2 amide bonds. The summed E-state index contributed by atoms with van der Waals surface area (Å²) < 4.78 is 24.9. The second-order valence-electron chi connectivity index (χ2n) is 13.7. The van der Waals surface area contributed by atoms with Gasteiger partial charge in [0.2, 0.25) is 11.8 Å². The van der Waals surface area contributed by atoms with E-state index >= 15 is 0 Å². The maximum absolute atomic E-state index is 13.5. The van der Waals surface area contributed by atoms with Crippen LogP contribution >= 0.6 is 0 Å². The van der Waals surface area contributed by atoms with Crippen LogP contribution in [0.1, 0.15) is 52.0 Å². The van der Waals surface area contributed by atoms with Gasteiger partial charge in [0, 0.05) is 69.1 Å². The van der Waals surface area contributed by atoms with Crippen molar-refractivity contribution in [3.63, 3.8) is 0 Å². The topological polar surface area (TPSA) is 77.5 Å². The van der Waals surface area contributed by atoms with Crippen LogP contribution in [0.15, 0.2) is 110 Å². The summed E-state index contributed by atoms with van der Waals surface area (Å²) in [4.78, 5) is 29.3. The number of piperidine rings is 2. The molecule has 2 aliphatic rings. The van der Waals surface area contributed by atoms with E-state index in [9.17, 15) is 9.59 Å². The van der Waals surface area contributed by atoms with Gasteiger partial charge in [-0.25, -0.2) is 0 Å². The zero-order valence-corrected chi connectivity index (χ0v) is 31.0. The molecule has 8 nitrogen and oxygen atoms in total. The molecule has 2 fully saturated rings. The maximum Gasteiger partial charge on any atom is 0.246 e. The highest BCUT2D eigenvalue weighted by Gasteiger charge is 2.25. The van der Waals surface area contributed by atoms with Gasteiger partial charge < -0.3 is 28.7 Å². The van der Waals surface area contributed by atoms with E-state index < -0.39 is 0 Å². The van der Waals surface area contributed by atoms with Gasteiger partial charge in [0.15, 0.2) is 0 Å². The summed E-state index contributed by atoms with van der Waals surface area (Å²) in [5.41, 5.74) is 4.81. The number of rotatable bonds is 13. The summed E-state index contributed by atoms with van der Waals surface area (Å²) in [5.74, 6) is 3.10. The largest absolute Gasteiger partial charge is 0.493 e. The molecular formula is C45H50N2O6. The molecule has 2 heterocycles. The number of carbonyl (C=O) groups excluding carboxylic acids is 2. The zero-order chi connectivity index (χ0) is 37.2. The summed E-state index contributed by atoms with van der Waals surface area (Å²) >= 11 is 0. The van der Waals surface area contributed by atoms with Gasteiger partial charge in [0.25, 0.3) is 0 Å². The van der Waals surface area contributed by atoms with Gasteiger partial charge in [0.05, 0.1) is 12.7 Å². The summed E-state index contributed by atoms with van der Waals surface area (Å²) in [6, 6.07) is 30.1. The van der Waals surface area contributed by atoms with Crippen molar-refractivity contribution in [1.29, 1.82) is 0 Å². The second kappa shape index (κ2) is 17.8. The highest BCUT2D eigenvalue weighted by molar-refractivity contribution is 5.93. The monoisotopic (exact) mass is 714 g/mol. The molecule has 0 unspecified atom stereocenters. The zero-order valence-electron chi connectivity index (χ0n) is 31.0. The molecule has 0 bridgehead atoms. The van der Waals surface area contributed by atoms with Crippen molar-refractivity contribution in [2.75, 3.05) is 32.8 Å². The lowest BCUT2D eigenvalue weighted by Crippen LogP contribution is -2.41. The normalized spacial score (nSPS) is 15.4. The lowest BCUT2D eigenvalue weighted by atomic mass is 9.97. The Morgan fingerprint density at radius 1 is 0.717 bits per heavy atom. The van der Waals surface area contributed by atoms with E-state index in [2.05, 4.69) is 24.8 Å². The number of para-hydroxylation sites is 2. The molecular weight excluding hydrogens is 665 g/mol. The lowest BCUT2D eigenvalue weighted by Gasteiger charge is -2.32. The summed E-state index contributed by atoms with van der Waals surface area (Å²) in [6.45, 7) is 12.7. The fraction of sp³-hybridized carbons (Fsp3) is 0.333. The van der Waals surface area contributed by atoms with Gasteiger partial charge in [-0.3, -0.25) is 9.59 Å². The minimum atomic E-state index is -0.0438. The first-order valence-corrected chi connectivity index (χ1v) is 18.7.